The number of hydrogen-bond acceptors (Lipinski definition) is 2. The van der Waals surface area contributed by atoms with Crippen LogP contribution < -0.4 is 0 Å². The van der Waals surface area contributed by atoms with Crippen LogP contribution in [0.25, 0.3) is 0 Å². The molecule has 1 fully saturated rings. The van der Waals surface area contributed by atoms with Crippen molar-refractivity contribution in [3.05, 3.63) is 12.8 Å². The molecule has 18 heavy (non-hydrogen) atoms. The summed E-state index contributed by atoms with van der Waals surface area (Å²) in [4.78, 5) is 0. The summed E-state index contributed by atoms with van der Waals surface area (Å²) in [5.41, 5.74) is -2.80. The van der Waals surface area contributed by atoms with Crippen LogP contribution in [0.2, 0.25) is 0 Å². The zero-order valence-corrected chi connectivity index (χ0v) is 10.8. The summed E-state index contributed by atoms with van der Waals surface area (Å²) in [5.74, 6) is 0.466. The van der Waals surface area contributed by atoms with Crippen LogP contribution in [-0.4, -0.2) is 25.0 Å². The maximum absolute atomic E-state index is 12.8. The monoisotopic (exact) mass is 286 g/mol. The van der Waals surface area contributed by atoms with Crippen molar-refractivity contribution in [3.8, 4) is 0 Å². The second-order valence-corrected chi connectivity index (χ2v) is 4.94. The molecule has 0 amide bonds. The van der Waals surface area contributed by atoms with Gasteiger partial charge in [0, 0.05) is 0 Å². The lowest BCUT2D eigenvalue weighted by Gasteiger charge is -2.29. The van der Waals surface area contributed by atoms with Crippen LogP contribution in [0.3, 0.4) is 0 Å². The minimum Gasteiger partial charge on any atom is -0.502 e. The Balaban J connectivity index is 2.21. The lowest BCUT2D eigenvalue weighted by Crippen LogP contribution is -2.32. The molecule has 0 aromatic carbocycles. The van der Waals surface area contributed by atoms with Gasteiger partial charge in [-0.15, -0.1) is 0 Å². The molecule has 0 spiro atoms. The zero-order valence-electron chi connectivity index (χ0n) is 10.1. The van der Waals surface area contributed by atoms with Gasteiger partial charge >= 0.3 is 6.11 Å². The van der Waals surface area contributed by atoms with Gasteiger partial charge in [-0.1, -0.05) is 18.2 Å². The molecule has 0 bridgehead atoms. The molecule has 0 N–H and O–H groups in total. The summed E-state index contributed by atoms with van der Waals surface area (Å²) in [7, 11) is 0. The first-order chi connectivity index (χ1) is 8.45. The molecule has 0 radical (unpaired) electrons. The highest BCUT2D eigenvalue weighted by atomic mass is 35.5. The quantitative estimate of drug-likeness (QED) is 0.518. The second kappa shape index (κ2) is 7.24. The smallest absolute Gasteiger partial charge is 0.400 e. The van der Waals surface area contributed by atoms with E-state index < -0.39 is 11.7 Å². The van der Waals surface area contributed by atoms with Crippen LogP contribution >= 0.6 is 11.6 Å². The molecule has 1 aliphatic rings. The van der Waals surface area contributed by atoms with Gasteiger partial charge in [-0.2, -0.15) is 8.78 Å². The third kappa shape index (κ3) is 5.06. The Bertz CT molecular complexity index is 254. The van der Waals surface area contributed by atoms with E-state index in [1.807, 2.05) is 0 Å². The van der Waals surface area contributed by atoms with E-state index in [0.29, 0.717) is 12.5 Å². The lowest BCUT2D eigenvalue weighted by atomic mass is 9.83. The zero-order chi connectivity index (χ0) is 13.6. The average Bonchev–Trinajstić information content (AvgIpc) is 2.35. The van der Waals surface area contributed by atoms with Gasteiger partial charge in [0.1, 0.15) is 0 Å². The Morgan fingerprint density at radius 2 is 1.72 bits per heavy atom. The summed E-state index contributed by atoms with van der Waals surface area (Å²) in [6.07, 6.45) is 0.851. The van der Waals surface area contributed by atoms with Gasteiger partial charge in [-0.05, 0) is 37.5 Å². The maximum Gasteiger partial charge on any atom is 0.400 e. The van der Waals surface area contributed by atoms with E-state index in [9.17, 15) is 13.2 Å². The predicted molar refractivity (Wildman–Crippen MR) is 63.2 cm³/mol. The first kappa shape index (κ1) is 15.6. The Hall–Kier alpha value is -0.420. The third-order valence-electron chi connectivity index (χ3n) is 3.18. The summed E-state index contributed by atoms with van der Waals surface area (Å²) in [6, 6.07) is 0. The summed E-state index contributed by atoms with van der Waals surface area (Å²) in [5, 5.41) is 0. The van der Waals surface area contributed by atoms with Crippen LogP contribution in [0.1, 0.15) is 25.7 Å². The topological polar surface area (TPSA) is 18.5 Å². The van der Waals surface area contributed by atoms with Crippen molar-refractivity contribution in [2.45, 2.75) is 37.4 Å². The molecule has 6 heteroatoms. The number of halogens is 4. The van der Waals surface area contributed by atoms with Gasteiger partial charge in [-0.3, -0.25) is 0 Å². The van der Waals surface area contributed by atoms with Gasteiger partial charge in [0.05, 0.1) is 19.5 Å². The molecular weight excluding hydrogens is 269 g/mol. The van der Waals surface area contributed by atoms with Crippen LogP contribution in [0.15, 0.2) is 12.8 Å². The minimum absolute atomic E-state index is 0.0336. The molecular formula is C12H18ClF3O2. The van der Waals surface area contributed by atoms with E-state index in [4.69, 9.17) is 16.3 Å². The molecule has 1 aliphatic carbocycles. The van der Waals surface area contributed by atoms with Crippen molar-refractivity contribution in [1.29, 1.82) is 0 Å². The van der Waals surface area contributed by atoms with Crippen LogP contribution in [-0.2, 0) is 9.47 Å². The third-order valence-corrected chi connectivity index (χ3v) is 3.44. The Morgan fingerprint density at radius 3 is 2.17 bits per heavy atom. The number of ether oxygens (including phenoxy) is 2. The van der Waals surface area contributed by atoms with Crippen LogP contribution in [0.4, 0.5) is 13.2 Å². The molecule has 1 rings (SSSR count). The largest absolute Gasteiger partial charge is 0.502 e. The van der Waals surface area contributed by atoms with Crippen LogP contribution in [0.5, 0.6) is 0 Å². The van der Waals surface area contributed by atoms with Gasteiger partial charge in [0.2, 0.25) is 0 Å². The minimum atomic E-state index is -3.90. The Morgan fingerprint density at radius 1 is 1.22 bits per heavy atom. The molecule has 1 unspecified atom stereocenters. The van der Waals surface area contributed by atoms with Crippen molar-refractivity contribution >= 4 is 11.6 Å². The fourth-order valence-electron chi connectivity index (χ4n) is 2.06. The Kier molecular flexibility index (Phi) is 6.29. The molecule has 0 aromatic heterocycles. The fraction of sp³-hybridized carbons (Fsp3) is 0.833. The first-order valence-electron chi connectivity index (χ1n) is 5.98. The van der Waals surface area contributed by atoms with Gasteiger partial charge in [-0.25, -0.2) is 4.39 Å². The second-order valence-electron chi connectivity index (χ2n) is 4.56. The van der Waals surface area contributed by atoms with Crippen molar-refractivity contribution in [2.75, 3.05) is 13.2 Å². The highest BCUT2D eigenvalue weighted by molar-refractivity contribution is 6.20. The van der Waals surface area contributed by atoms with Gasteiger partial charge < -0.3 is 9.47 Å². The van der Waals surface area contributed by atoms with E-state index in [-0.39, 0.29) is 12.5 Å². The molecule has 0 aliphatic heterocycles. The predicted octanol–water partition coefficient (Wildman–Crippen LogP) is 4.10. The number of hydrogen-bond donors (Lipinski definition) is 0. The molecule has 0 saturated heterocycles. The SMILES string of the molecule is C=COCC1CCC(COC(F)(F)C(F)Cl)CC1. The molecule has 106 valence electrons. The summed E-state index contributed by atoms with van der Waals surface area (Å²) < 4.78 is 47.2. The lowest BCUT2D eigenvalue weighted by molar-refractivity contribution is -0.262. The highest BCUT2D eigenvalue weighted by Gasteiger charge is 2.41. The van der Waals surface area contributed by atoms with E-state index in [2.05, 4.69) is 11.3 Å². The van der Waals surface area contributed by atoms with E-state index in [1.165, 1.54) is 6.26 Å². The number of rotatable bonds is 7. The van der Waals surface area contributed by atoms with Crippen molar-refractivity contribution in [3.63, 3.8) is 0 Å². The summed E-state index contributed by atoms with van der Waals surface area (Å²) >= 11 is 4.70. The van der Waals surface area contributed by atoms with Crippen molar-refractivity contribution in [2.24, 2.45) is 11.8 Å². The van der Waals surface area contributed by atoms with E-state index in [1.54, 1.807) is 0 Å². The molecule has 1 atom stereocenters. The molecule has 0 aromatic rings. The van der Waals surface area contributed by atoms with E-state index in [0.717, 1.165) is 25.7 Å². The van der Waals surface area contributed by atoms with Crippen molar-refractivity contribution in [1.82, 2.24) is 0 Å². The summed E-state index contributed by atoms with van der Waals surface area (Å²) in [6.45, 7) is 3.91. The van der Waals surface area contributed by atoms with E-state index >= 15 is 0 Å². The Labute approximate surface area is 110 Å². The first-order valence-corrected chi connectivity index (χ1v) is 6.41. The molecule has 0 heterocycles. The van der Waals surface area contributed by atoms with Crippen molar-refractivity contribution < 1.29 is 22.6 Å². The fourth-order valence-corrected chi connectivity index (χ4v) is 2.12. The van der Waals surface area contributed by atoms with Crippen LogP contribution in [0, 0.1) is 11.8 Å². The highest BCUT2D eigenvalue weighted by Crippen LogP contribution is 2.32. The molecule has 2 nitrogen and oxygen atoms in total. The normalized spacial score (nSPS) is 26.7. The van der Waals surface area contributed by atoms with Gasteiger partial charge in [0.15, 0.2) is 0 Å². The maximum atomic E-state index is 12.8. The van der Waals surface area contributed by atoms with Gasteiger partial charge in [0.25, 0.3) is 5.63 Å². The number of alkyl halides is 4. The molecule has 1 saturated carbocycles. The standard InChI is InChI=1S/C12H18ClF3O2/c1-2-17-7-9-3-5-10(6-4-9)8-18-12(15,16)11(13)14/h2,9-11H,1,3-8H2. The average molecular weight is 287 g/mol.